The second kappa shape index (κ2) is 5.43. The number of pyridine rings is 1. The summed E-state index contributed by atoms with van der Waals surface area (Å²) >= 11 is 0. The number of aromatic nitrogens is 3. The zero-order chi connectivity index (χ0) is 17.8. The van der Waals surface area contributed by atoms with Gasteiger partial charge in [0.2, 0.25) is 0 Å². The van der Waals surface area contributed by atoms with Crippen molar-refractivity contribution in [3.8, 4) is 11.4 Å². The van der Waals surface area contributed by atoms with Crippen molar-refractivity contribution < 1.29 is 4.42 Å². The predicted molar refractivity (Wildman–Crippen MR) is 105 cm³/mol. The first-order valence-corrected chi connectivity index (χ1v) is 8.88. The molecule has 0 amide bonds. The molecule has 0 saturated carbocycles. The van der Waals surface area contributed by atoms with Gasteiger partial charge in [0.15, 0.2) is 0 Å². The number of furan rings is 1. The quantitative estimate of drug-likeness (QED) is 0.402. The van der Waals surface area contributed by atoms with Crippen LogP contribution in [0.3, 0.4) is 0 Å². The Balaban J connectivity index is 1.89. The highest BCUT2D eigenvalue weighted by Gasteiger charge is 2.19. The van der Waals surface area contributed by atoms with Crippen LogP contribution in [0.15, 0.2) is 59.1 Å². The van der Waals surface area contributed by atoms with Gasteiger partial charge in [0.25, 0.3) is 0 Å². The summed E-state index contributed by atoms with van der Waals surface area (Å²) in [5.41, 5.74) is 5.85. The summed E-state index contributed by atoms with van der Waals surface area (Å²) in [5, 5.41) is 2.12. The molecule has 128 valence electrons. The Labute approximate surface area is 151 Å². The molecular formula is C22H19N3O. The van der Waals surface area contributed by atoms with Crippen LogP contribution in [0.4, 0.5) is 0 Å². The Bertz CT molecular complexity index is 1280. The number of nitrogens with zero attached hydrogens (tertiary/aromatic N) is 3. The molecule has 0 atom stereocenters. The smallest absolute Gasteiger partial charge is 0.146 e. The molecule has 3 heterocycles. The molecule has 0 aliphatic carbocycles. The summed E-state index contributed by atoms with van der Waals surface area (Å²) < 4.78 is 8.53. The van der Waals surface area contributed by atoms with Gasteiger partial charge in [0.1, 0.15) is 17.0 Å². The summed E-state index contributed by atoms with van der Waals surface area (Å²) in [6.07, 6.45) is 1.89. The maximum Gasteiger partial charge on any atom is 0.146 e. The van der Waals surface area contributed by atoms with E-state index in [2.05, 4.69) is 59.8 Å². The molecule has 0 N–H and O–H groups in total. The van der Waals surface area contributed by atoms with E-state index >= 15 is 0 Å². The van der Waals surface area contributed by atoms with Crippen molar-refractivity contribution >= 4 is 33.0 Å². The molecular weight excluding hydrogens is 322 g/mol. The molecule has 4 heteroatoms. The number of fused-ring (bicyclic) bond motifs is 4. The van der Waals surface area contributed by atoms with Gasteiger partial charge in [0, 0.05) is 34.8 Å². The molecule has 5 aromatic rings. The summed E-state index contributed by atoms with van der Waals surface area (Å²) in [5.74, 6) is 0.940. The van der Waals surface area contributed by atoms with Crippen molar-refractivity contribution in [2.24, 2.45) is 0 Å². The lowest BCUT2D eigenvalue weighted by atomic mass is 10.1. The van der Waals surface area contributed by atoms with Crippen LogP contribution in [-0.2, 0) is 0 Å². The highest BCUT2D eigenvalue weighted by molar-refractivity contribution is 6.09. The Morgan fingerprint density at radius 2 is 1.85 bits per heavy atom. The largest absolute Gasteiger partial charge is 0.455 e. The molecule has 5 rings (SSSR count). The maximum atomic E-state index is 6.26. The van der Waals surface area contributed by atoms with Gasteiger partial charge < -0.3 is 8.98 Å². The lowest BCUT2D eigenvalue weighted by Gasteiger charge is -2.13. The Hall–Kier alpha value is -3.14. The monoisotopic (exact) mass is 341 g/mol. The molecule has 0 aliphatic heterocycles. The number of benzene rings is 2. The highest BCUT2D eigenvalue weighted by Crippen LogP contribution is 2.37. The number of aryl methyl sites for hydroxylation is 1. The SMILES string of the molecule is Cc1cc2oc3c(-c4nc5ccccc5n4C(C)C)cccc3c2cn1. The third-order valence-corrected chi connectivity index (χ3v) is 4.87. The number of para-hydroxylation sites is 3. The van der Waals surface area contributed by atoms with E-state index < -0.39 is 0 Å². The van der Waals surface area contributed by atoms with Crippen molar-refractivity contribution in [2.75, 3.05) is 0 Å². The van der Waals surface area contributed by atoms with E-state index in [4.69, 9.17) is 9.40 Å². The topological polar surface area (TPSA) is 43.9 Å². The number of hydrogen-bond acceptors (Lipinski definition) is 3. The average Bonchev–Trinajstić information content (AvgIpc) is 3.19. The summed E-state index contributed by atoms with van der Waals surface area (Å²) in [7, 11) is 0. The molecule has 2 aromatic carbocycles. The van der Waals surface area contributed by atoms with Crippen molar-refractivity contribution in [3.05, 3.63) is 60.4 Å². The second-order valence-corrected chi connectivity index (χ2v) is 6.99. The van der Waals surface area contributed by atoms with Crippen LogP contribution in [0, 0.1) is 6.92 Å². The second-order valence-electron chi connectivity index (χ2n) is 6.99. The van der Waals surface area contributed by atoms with Crippen LogP contribution >= 0.6 is 0 Å². The minimum atomic E-state index is 0.293. The molecule has 0 unspecified atom stereocenters. The Morgan fingerprint density at radius 1 is 1.00 bits per heavy atom. The molecule has 26 heavy (non-hydrogen) atoms. The van der Waals surface area contributed by atoms with Crippen LogP contribution < -0.4 is 0 Å². The average molecular weight is 341 g/mol. The van der Waals surface area contributed by atoms with E-state index in [1.54, 1.807) is 0 Å². The standard InChI is InChI=1S/C22H19N3O/c1-13(2)25-19-10-5-4-9-18(19)24-22(25)16-8-6-7-15-17-12-23-14(3)11-20(17)26-21(15)16/h4-13H,1-3H3. The number of rotatable bonds is 2. The first-order valence-electron chi connectivity index (χ1n) is 8.88. The van der Waals surface area contributed by atoms with Gasteiger partial charge >= 0.3 is 0 Å². The molecule has 4 nitrogen and oxygen atoms in total. The van der Waals surface area contributed by atoms with Gasteiger partial charge in [-0.1, -0.05) is 24.3 Å². The van der Waals surface area contributed by atoms with Gasteiger partial charge in [-0.05, 0) is 39.0 Å². The summed E-state index contributed by atoms with van der Waals surface area (Å²) in [6.45, 7) is 6.35. The van der Waals surface area contributed by atoms with Gasteiger partial charge in [-0.25, -0.2) is 4.98 Å². The van der Waals surface area contributed by atoms with Crippen molar-refractivity contribution in [1.29, 1.82) is 0 Å². The van der Waals surface area contributed by atoms with E-state index in [9.17, 15) is 0 Å². The van der Waals surface area contributed by atoms with E-state index in [1.807, 2.05) is 25.3 Å². The first-order chi connectivity index (χ1) is 12.6. The van der Waals surface area contributed by atoms with Crippen molar-refractivity contribution in [2.45, 2.75) is 26.8 Å². The third kappa shape index (κ3) is 2.08. The Morgan fingerprint density at radius 3 is 2.69 bits per heavy atom. The third-order valence-electron chi connectivity index (χ3n) is 4.87. The highest BCUT2D eigenvalue weighted by atomic mass is 16.3. The van der Waals surface area contributed by atoms with Crippen LogP contribution in [-0.4, -0.2) is 14.5 Å². The lowest BCUT2D eigenvalue weighted by molar-refractivity contribution is 0.622. The zero-order valence-corrected chi connectivity index (χ0v) is 15.0. The predicted octanol–water partition coefficient (Wildman–Crippen LogP) is 5.89. The molecule has 3 aromatic heterocycles. The summed E-state index contributed by atoms with van der Waals surface area (Å²) in [4.78, 5) is 9.36. The van der Waals surface area contributed by atoms with E-state index in [1.165, 1.54) is 0 Å². The first kappa shape index (κ1) is 15.1. The van der Waals surface area contributed by atoms with Gasteiger partial charge in [0.05, 0.1) is 16.6 Å². The van der Waals surface area contributed by atoms with Gasteiger partial charge in [-0.2, -0.15) is 0 Å². The number of hydrogen-bond donors (Lipinski definition) is 0. The van der Waals surface area contributed by atoms with Crippen molar-refractivity contribution in [3.63, 3.8) is 0 Å². The zero-order valence-electron chi connectivity index (χ0n) is 15.0. The fourth-order valence-corrected chi connectivity index (χ4v) is 3.72. The van der Waals surface area contributed by atoms with E-state index in [0.29, 0.717) is 6.04 Å². The molecule has 0 spiro atoms. The lowest BCUT2D eigenvalue weighted by Crippen LogP contribution is -2.03. The number of imidazole rings is 1. The van der Waals surface area contributed by atoms with Crippen LogP contribution in [0.5, 0.6) is 0 Å². The normalized spacial score (nSPS) is 12.0. The van der Waals surface area contributed by atoms with Crippen molar-refractivity contribution in [1.82, 2.24) is 14.5 Å². The summed E-state index contributed by atoms with van der Waals surface area (Å²) in [6, 6.07) is 16.8. The van der Waals surface area contributed by atoms with E-state index in [-0.39, 0.29) is 0 Å². The Kier molecular flexibility index (Phi) is 3.16. The van der Waals surface area contributed by atoms with Crippen LogP contribution in [0.1, 0.15) is 25.6 Å². The van der Waals surface area contributed by atoms with E-state index in [0.717, 1.165) is 50.1 Å². The van der Waals surface area contributed by atoms with Crippen LogP contribution in [0.2, 0.25) is 0 Å². The fourth-order valence-electron chi connectivity index (χ4n) is 3.72. The maximum absolute atomic E-state index is 6.26. The molecule has 0 fully saturated rings. The van der Waals surface area contributed by atoms with Gasteiger partial charge in [-0.3, -0.25) is 4.98 Å². The fraction of sp³-hybridized carbons (Fsp3) is 0.182. The molecule has 0 bridgehead atoms. The minimum absolute atomic E-state index is 0.293. The molecule has 0 saturated heterocycles. The minimum Gasteiger partial charge on any atom is -0.455 e. The van der Waals surface area contributed by atoms with Gasteiger partial charge in [-0.15, -0.1) is 0 Å². The van der Waals surface area contributed by atoms with Crippen LogP contribution in [0.25, 0.3) is 44.4 Å². The molecule has 0 radical (unpaired) electrons. The molecule has 0 aliphatic rings.